The lowest BCUT2D eigenvalue weighted by molar-refractivity contribution is -0.138. The Morgan fingerprint density at radius 1 is 1.58 bits per heavy atom. The number of carbonyl (C=O) groups is 2. The van der Waals surface area contributed by atoms with Gasteiger partial charge in [0, 0.05) is 13.7 Å². The van der Waals surface area contributed by atoms with Crippen LogP contribution in [0.3, 0.4) is 0 Å². The molecule has 1 unspecified atom stereocenters. The van der Waals surface area contributed by atoms with Crippen molar-refractivity contribution in [2.75, 3.05) is 20.3 Å². The number of aromatic nitrogens is 4. The van der Waals surface area contributed by atoms with Gasteiger partial charge in [-0.05, 0) is 17.4 Å². The maximum atomic E-state index is 11.7. The lowest BCUT2D eigenvalue weighted by atomic mass is 10.4. The Morgan fingerprint density at radius 2 is 2.32 bits per heavy atom. The summed E-state index contributed by atoms with van der Waals surface area (Å²) in [5.41, 5.74) is 0. The van der Waals surface area contributed by atoms with Crippen molar-refractivity contribution in [3.8, 4) is 0 Å². The standard InChI is InChI=1S/C9H15N5O4S/c1-6(8(17)10-3-4-18-2)19-9-11-12-13-14(9)5-7(15)16/h6H,3-5H2,1-2H3,(H,10,17)(H,15,16). The summed E-state index contributed by atoms with van der Waals surface area (Å²) in [6.45, 7) is 2.19. The van der Waals surface area contributed by atoms with Gasteiger partial charge in [-0.25, -0.2) is 4.68 Å². The SMILES string of the molecule is COCCNC(=O)C(C)Sc1nnnn1CC(=O)O. The van der Waals surface area contributed by atoms with Crippen molar-refractivity contribution in [2.24, 2.45) is 0 Å². The highest BCUT2D eigenvalue weighted by Gasteiger charge is 2.18. The highest BCUT2D eigenvalue weighted by Crippen LogP contribution is 2.19. The fourth-order valence-corrected chi connectivity index (χ4v) is 1.95. The molecule has 0 aliphatic rings. The first-order valence-corrected chi connectivity index (χ1v) is 6.33. The Labute approximate surface area is 113 Å². The van der Waals surface area contributed by atoms with E-state index in [0.29, 0.717) is 13.2 Å². The Kier molecular flexibility index (Phi) is 6.22. The lowest BCUT2D eigenvalue weighted by Crippen LogP contribution is -2.33. The molecule has 1 aromatic rings. The van der Waals surface area contributed by atoms with Gasteiger partial charge in [0.15, 0.2) is 0 Å². The van der Waals surface area contributed by atoms with Crippen LogP contribution in [-0.4, -0.2) is 62.7 Å². The molecule has 0 fully saturated rings. The third kappa shape index (κ3) is 5.22. The molecule has 0 aliphatic heterocycles. The van der Waals surface area contributed by atoms with E-state index < -0.39 is 11.2 Å². The first-order valence-electron chi connectivity index (χ1n) is 5.46. The molecule has 0 saturated carbocycles. The molecule has 19 heavy (non-hydrogen) atoms. The zero-order valence-electron chi connectivity index (χ0n) is 10.6. The normalized spacial score (nSPS) is 12.1. The van der Waals surface area contributed by atoms with Crippen molar-refractivity contribution in [3.63, 3.8) is 0 Å². The van der Waals surface area contributed by atoms with Gasteiger partial charge in [0.2, 0.25) is 11.1 Å². The summed E-state index contributed by atoms with van der Waals surface area (Å²) in [7, 11) is 1.55. The van der Waals surface area contributed by atoms with E-state index in [1.807, 2.05) is 0 Å². The number of ether oxygens (including phenoxy) is 1. The van der Waals surface area contributed by atoms with Crippen LogP contribution in [0.15, 0.2) is 5.16 Å². The lowest BCUT2D eigenvalue weighted by Gasteiger charge is -2.10. The Hall–Kier alpha value is -1.68. The number of aliphatic carboxylic acids is 1. The van der Waals surface area contributed by atoms with Gasteiger partial charge in [0.25, 0.3) is 0 Å². The van der Waals surface area contributed by atoms with Gasteiger partial charge in [0.05, 0.1) is 11.9 Å². The zero-order chi connectivity index (χ0) is 14.3. The first kappa shape index (κ1) is 15.4. The van der Waals surface area contributed by atoms with Crippen LogP contribution in [0.4, 0.5) is 0 Å². The maximum absolute atomic E-state index is 11.7. The number of nitrogens with one attached hydrogen (secondary N) is 1. The average Bonchev–Trinajstić information content (AvgIpc) is 2.76. The Bertz CT molecular complexity index is 438. The van der Waals surface area contributed by atoms with E-state index in [0.717, 1.165) is 16.4 Å². The molecule has 0 bridgehead atoms. The summed E-state index contributed by atoms with van der Waals surface area (Å²) >= 11 is 1.10. The largest absolute Gasteiger partial charge is 0.480 e. The number of hydrogen-bond acceptors (Lipinski definition) is 7. The second-order valence-electron chi connectivity index (χ2n) is 3.56. The molecular formula is C9H15N5O4S. The molecule has 9 nitrogen and oxygen atoms in total. The first-order chi connectivity index (χ1) is 9.04. The molecule has 1 atom stereocenters. The average molecular weight is 289 g/mol. The van der Waals surface area contributed by atoms with E-state index in [1.165, 1.54) is 0 Å². The summed E-state index contributed by atoms with van der Waals surface area (Å²) < 4.78 is 5.95. The van der Waals surface area contributed by atoms with E-state index in [1.54, 1.807) is 14.0 Å². The molecule has 0 spiro atoms. The van der Waals surface area contributed by atoms with Crippen LogP contribution in [0, 0.1) is 0 Å². The summed E-state index contributed by atoms with van der Waals surface area (Å²) in [6.07, 6.45) is 0. The quantitative estimate of drug-likeness (QED) is 0.462. The van der Waals surface area contributed by atoms with Gasteiger partial charge in [-0.1, -0.05) is 11.8 Å². The van der Waals surface area contributed by atoms with Gasteiger partial charge in [0.1, 0.15) is 6.54 Å². The van der Waals surface area contributed by atoms with E-state index in [4.69, 9.17) is 9.84 Å². The van der Waals surface area contributed by atoms with Gasteiger partial charge in [-0.3, -0.25) is 9.59 Å². The second-order valence-corrected chi connectivity index (χ2v) is 4.86. The predicted molar refractivity (Wildman–Crippen MR) is 65.7 cm³/mol. The van der Waals surface area contributed by atoms with Crippen molar-refractivity contribution in [3.05, 3.63) is 0 Å². The van der Waals surface area contributed by atoms with E-state index >= 15 is 0 Å². The highest BCUT2D eigenvalue weighted by atomic mass is 32.2. The molecule has 1 amide bonds. The summed E-state index contributed by atoms with van der Waals surface area (Å²) in [5, 5.41) is 21.8. The van der Waals surface area contributed by atoms with Crippen molar-refractivity contribution in [2.45, 2.75) is 23.9 Å². The molecule has 2 N–H and O–H groups in total. The molecule has 0 aliphatic carbocycles. The van der Waals surface area contributed by atoms with E-state index in [-0.39, 0.29) is 17.6 Å². The number of amides is 1. The van der Waals surface area contributed by atoms with Gasteiger partial charge in [-0.2, -0.15) is 0 Å². The van der Waals surface area contributed by atoms with Crippen LogP contribution in [0.5, 0.6) is 0 Å². The molecule has 1 heterocycles. The minimum absolute atomic E-state index is 0.188. The number of carboxylic acid groups (broad SMARTS) is 1. The zero-order valence-corrected chi connectivity index (χ0v) is 11.4. The number of hydrogen-bond donors (Lipinski definition) is 2. The number of tetrazole rings is 1. The molecule has 1 rings (SSSR count). The Morgan fingerprint density at radius 3 is 2.95 bits per heavy atom. The molecule has 0 aromatic carbocycles. The van der Waals surface area contributed by atoms with Crippen molar-refractivity contribution >= 4 is 23.6 Å². The maximum Gasteiger partial charge on any atom is 0.325 e. The smallest absolute Gasteiger partial charge is 0.325 e. The van der Waals surface area contributed by atoms with Crippen LogP contribution in [0.2, 0.25) is 0 Å². The van der Waals surface area contributed by atoms with Crippen LogP contribution in [0.25, 0.3) is 0 Å². The summed E-state index contributed by atoms with van der Waals surface area (Å²) in [6, 6.07) is 0. The fourth-order valence-electron chi connectivity index (χ4n) is 1.14. The van der Waals surface area contributed by atoms with Gasteiger partial charge in [-0.15, -0.1) is 5.10 Å². The minimum Gasteiger partial charge on any atom is -0.480 e. The number of methoxy groups -OCH3 is 1. The number of carbonyl (C=O) groups excluding carboxylic acids is 1. The molecule has 1 aromatic heterocycles. The number of rotatable bonds is 8. The number of nitrogens with zero attached hydrogens (tertiary/aromatic N) is 4. The van der Waals surface area contributed by atoms with Gasteiger partial charge >= 0.3 is 5.97 Å². The molecular weight excluding hydrogens is 274 g/mol. The van der Waals surface area contributed by atoms with Crippen molar-refractivity contribution < 1.29 is 19.4 Å². The van der Waals surface area contributed by atoms with Gasteiger partial charge < -0.3 is 15.2 Å². The van der Waals surface area contributed by atoms with Crippen LogP contribution in [-0.2, 0) is 20.9 Å². The summed E-state index contributed by atoms with van der Waals surface area (Å²) in [4.78, 5) is 22.3. The molecule has 10 heteroatoms. The number of carboxylic acids is 1. The highest BCUT2D eigenvalue weighted by molar-refractivity contribution is 8.00. The second kappa shape index (κ2) is 7.69. The van der Waals surface area contributed by atoms with E-state index in [2.05, 4.69) is 20.8 Å². The third-order valence-electron chi connectivity index (χ3n) is 2.04. The summed E-state index contributed by atoms with van der Waals surface area (Å²) in [5.74, 6) is -1.24. The molecule has 106 valence electrons. The topological polar surface area (TPSA) is 119 Å². The monoisotopic (exact) mass is 289 g/mol. The van der Waals surface area contributed by atoms with Crippen molar-refractivity contribution in [1.29, 1.82) is 0 Å². The van der Waals surface area contributed by atoms with Crippen LogP contribution < -0.4 is 5.32 Å². The predicted octanol–water partition coefficient (Wildman–Crippen LogP) is -0.999. The number of thioether (sulfide) groups is 1. The Balaban J connectivity index is 2.51. The van der Waals surface area contributed by atoms with E-state index in [9.17, 15) is 9.59 Å². The minimum atomic E-state index is -1.05. The van der Waals surface area contributed by atoms with Crippen LogP contribution >= 0.6 is 11.8 Å². The third-order valence-corrected chi connectivity index (χ3v) is 3.11. The fraction of sp³-hybridized carbons (Fsp3) is 0.667. The van der Waals surface area contributed by atoms with Crippen molar-refractivity contribution in [1.82, 2.24) is 25.5 Å². The molecule has 0 saturated heterocycles. The molecule has 0 radical (unpaired) electrons. The van der Waals surface area contributed by atoms with Crippen LogP contribution in [0.1, 0.15) is 6.92 Å².